The largest absolute Gasteiger partial charge is 0.449 e. The zero-order valence-electron chi connectivity index (χ0n) is 19.3. The number of aromatic nitrogens is 4. The van der Waals surface area contributed by atoms with Crippen molar-refractivity contribution in [2.75, 3.05) is 13.1 Å². The van der Waals surface area contributed by atoms with Crippen molar-refractivity contribution in [3.8, 4) is 5.69 Å². The number of imide groups is 1. The van der Waals surface area contributed by atoms with Crippen LogP contribution in [0.25, 0.3) is 5.69 Å². The van der Waals surface area contributed by atoms with Gasteiger partial charge >= 0.3 is 0 Å². The summed E-state index contributed by atoms with van der Waals surface area (Å²) in [6.45, 7) is 1.38. The van der Waals surface area contributed by atoms with E-state index in [1.807, 2.05) is 6.07 Å². The number of benzene rings is 1. The summed E-state index contributed by atoms with van der Waals surface area (Å²) >= 11 is 0. The van der Waals surface area contributed by atoms with Gasteiger partial charge in [0.15, 0.2) is 11.6 Å². The number of nitrogens with one attached hydrogen (secondary N) is 1. The van der Waals surface area contributed by atoms with Gasteiger partial charge in [0.1, 0.15) is 12.3 Å². The highest BCUT2D eigenvalue weighted by atomic mass is 16.3. The van der Waals surface area contributed by atoms with Crippen LogP contribution in [-0.2, 0) is 16.1 Å². The minimum Gasteiger partial charge on any atom is -0.449 e. The number of likely N-dealkylation sites (tertiary alicyclic amines) is 1. The number of piperidine rings is 2. The van der Waals surface area contributed by atoms with Crippen molar-refractivity contribution in [2.45, 2.75) is 44.2 Å². The van der Waals surface area contributed by atoms with Gasteiger partial charge in [0.05, 0.1) is 24.0 Å². The van der Waals surface area contributed by atoms with E-state index in [0.29, 0.717) is 36.7 Å². The van der Waals surface area contributed by atoms with Crippen molar-refractivity contribution < 1.29 is 23.6 Å². The first kappa shape index (κ1) is 22.1. The van der Waals surface area contributed by atoms with E-state index in [1.54, 1.807) is 29.4 Å². The average Bonchev–Trinajstić information content (AvgIpc) is 3.65. The predicted octanol–water partition coefficient (Wildman–Crippen LogP) is 1.04. The van der Waals surface area contributed by atoms with Crippen molar-refractivity contribution in [3.63, 3.8) is 0 Å². The fourth-order valence-corrected chi connectivity index (χ4v) is 5.15. The van der Waals surface area contributed by atoms with Gasteiger partial charge < -0.3 is 14.2 Å². The molecule has 3 aliphatic rings. The minimum absolute atomic E-state index is 0.0503. The molecule has 184 valence electrons. The lowest BCUT2D eigenvalue weighted by atomic mass is 9.98. The number of carbonyl (C=O) groups excluding carboxylic acids is 4. The molecule has 4 amide bonds. The monoisotopic (exact) mass is 489 g/mol. The molecule has 1 aromatic carbocycles. The molecule has 0 bridgehead atoms. The second kappa shape index (κ2) is 8.70. The molecule has 2 aromatic heterocycles. The van der Waals surface area contributed by atoms with Gasteiger partial charge in [-0.15, -0.1) is 5.10 Å². The van der Waals surface area contributed by atoms with Crippen LogP contribution in [-0.4, -0.2) is 72.5 Å². The molecule has 0 aliphatic carbocycles. The van der Waals surface area contributed by atoms with Crippen LogP contribution in [0.5, 0.6) is 0 Å². The van der Waals surface area contributed by atoms with Crippen LogP contribution >= 0.6 is 0 Å². The molecule has 0 saturated carbocycles. The van der Waals surface area contributed by atoms with E-state index in [2.05, 4.69) is 20.6 Å². The van der Waals surface area contributed by atoms with Crippen molar-refractivity contribution >= 4 is 23.6 Å². The molecule has 0 radical (unpaired) electrons. The number of oxazole rings is 1. The third-order valence-corrected chi connectivity index (χ3v) is 6.99. The van der Waals surface area contributed by atoms with Gasteiger partial charge in [-0.05, 0) is 43.0 Å². The Hall–Kier alpha value is -4.35. The fraction of sp³-hybridized carbons (Fsp3) is 0.375. The zero-order valence-corrected chi connectivity index (χ0v) is 19.3. The molecule has 0 spiro atoms. The van der Waals surface area contributed by atoms with Gasteiger partial charge in [0, 0.05) is 31.6 Å². The number of fused-ring (bicyclic) bond motifs is 1. The van der Waals surface area contributed by atoms with E-state index in [9.17, 15) is 19.2 Å². The van der Waals surface area contributed by atoms with Crippen LogP contribution in [0.15, 0.2) is 41.3 Å². The van der Waals surface area contributed by atoms with E-state index in [1.165, 1.54) is 15.8 Å². The molecule has 3 aromatic rings. The Morgan fingerprint density at radius 1 is 1.17 bits per heavy atom. The van der Waals surface area contributed by atoms with Gasteiger partial charge in [-0.1, -0.05) is 5.21 Å². The SMILES string of the molecule is O=C1CCC(N2Cc3cc(-n4cc(C(=O)N5CCCC(c6ncco6)C5)nn4)ccc3C2=O)C(=O)N1. The molecule has 2 atom stereocenters. The Labute approximate surface area is 205 Å². The van der Waals surface area contributed by atoms with E-state index in [0.717, 1.165) is 18.4 Å². The maximum atomic E-state index is 13.1. The van der Waals surface area contributed by atoms with Crippen LogP contribution in [0.2, 0.25) is 0 Å². The summed E-state index contributed by atoms with van der Waals surface area (Å²) in [5.41, 5.74) is 2.13. The van der Waals surface area contributed by atoms with Crippen LogP contribution in [0, 0.1) is 0 Å². The predicted molar refractivity (Wildman–Crippen MR) is 122 cm³/mol. The Bertz CT molecular complexity index is 1360. The fourth-order valence-electron chi connectivity index (χ4n) is 5.15. The molecular formula is C24H23N7O5. The summed E-state index contributed by atoms with van der Waals surface area (Å²) in [6, 6.07) is 4.55. The Balaban J connectivity index is 1.18. The van der Waals surface area contributed by atoms with Gasteiger partial charge in [-0.2, -0.15) is 0 Å². The van der Waals surface area contributed by atoms with Gasteiger partial charge in [-0.3, -0.25) is 24.5 Å². The third-order valence-electron chi connectivity index (χ3n) is 6.99. The van der Waals surface area contributed by atoms with Crippen molar-refractivity contribution in [1.29, 1.82) is 0 Å². The van der Waals surface area contributed by atoms with E-state index >= 15 is 0 Å². The van der Waals surface area contributed by atoms with Crippen LogP contribution in [0.1, 0.15) is 63.9 Å². The molecule has 3 aliphatic heterocycles. The molecule has 1 N–H and O–H groups in total. The minimum atomic E-state index is -0.675. The molecular weight excluding hydrogens is 466 g/mol. The maximum Gasteiger partial charge on any atom is 0.276 e. The first-order valence-corrected chi connectivity index (χ1v) is 11.9. The van der Waals surface area contributed by atoms with E-state index in [4.69, 9.17) is 4.42 Å². The summed E-state index contributed by atoms with van der Waals surface area (Å²) < 4.78 is 6.93. The Morgan fingerprint density at radius 3 is 2.86 bits per heavy atom. The van der Waals surface area contributed by atoms with Crippen molar-refractivity contribution in [2.24, 2.45) is 0 Å². The summed E-state index contributed by atoms with van der Waals surface area (Å²) in [7, 11) is 0. The van der Waals surface area contributed by atoms with Gasteiger partial charge in [-0.25, -0.2) is 9.67 Å². The second-order valence-corrected chi connectivity index (χ2v) is 9.25. The average molecular weight is 489 g/mol. The highest BCUT2D eigenvalue weighted by Crippen LogP contribution is 2.29. The zero-order chi connectivity index (χ0) is 24.8. The van der Waals surface area contributed by atoms with Crippen LogP contribution < -0.4 is 5.32 Å². The van der Waals surface area contributed by atoms with Crippen LogP contribution in [0.3, 0.4) is 0 Å². The van der Waals surface area contributed by atoms with E-state index < -0.39 is 11.9 Å². The summed E-state index contributed by atoms with van der Waals surface area (Å²) in [5.74, 6) is -0.541. The molecule has 36 heavy (non-hydrogen) atoms. The molecule has 12 heteroatoms. The lowest BCUT2D eigenvalue weighted by molar-refractivity contribution is -0.136. The number of amides is 4. The van der Waals surface area contributed by atoms with Gasteiger partial charge in [0.2, 0.25) is 11.8 Å². The standard InChI is InChI=1S/C24H23N7O5/c32-20-6-5-19(21(33)26-20)30-12-15-10-16(3-4-17(15)23(30)34)31-13-18(27-28-31)24(35)29-8-1-2-14(11-29)22-25-7-9-36-22/h3-4,7,9-10,13-14,19H,1-2,5-6,8,11-12H2,(H,26,32,33). The lowest BCUT2D eigenvalue weighted by Crippen LogP contribution is -2.52. The first-order chi connectivity index (χ1) is 17.5. The Kier molecular flexibility index (Phi) is 5.35. The molecule has 5 heterocycles. The lowest BCUT2D eigenvalue weighted by Gasteiger charge is -2.30. The molecule has 2 unspecified atom stereocenters. The Morgan fingerprint density at radius 2 is 2.06 bits per heavy atom. The smallest absolute Gasteiger partial charge is 0.276 e. The van der Waals surface area contributed by atoms with Crippen molar-refractivity contribution in [3.05, 3.63) is 59.6 Å². The topological polar surface area (TPSA) is 144 Å². The quantitative estimate of drug-likeness (QED) is 0.536. The summed E-state index contributed by atoms with van der Waals surface area (Å²) in [4.78, 5) is 57.2. The second-order valence-electron chi connectivity index (χ2n) is 9.25. The van der Waals surface area contributed by atoms with E-state index in [-0.39, 0.29) is 42.3 Å². The van der Waals surface area contributed by atoms with Gasteiger partial charge in [0.25, 0.3) is 11.8 Å². The summed E-state index contributed by atoms with van der Waals surface area (Å²) in [5, 5.41) is 10.5. The molecule has 2 saturated heterocycles. The highest BCUT2D eigenvalue weighted by Gasteiger charge is 2.39. The van der Waals surface area contributed by atoms with Crippen LogP contribution in [0.4, 0.5) is 0 Å². The number of nitrogens with zero attached hydrogens (tertiary/aromatic N) is 6. The maximum absolute atomic E-state index is 13.1. The number of rotatable bonds is 4. The molecule has 12 nitrogen and oxygen atoms in total. The number of hydrogen-bond donors (Lipinski definition) is 1. The third kappa shape index (κ3) is 3.84. The normalized spacial score (nSPS) is 22.1. The number of carbonyl (C=O) groups is 4. The first-order valence-electron chi connectivity index (χ1n) is 11.9. The highest BCUT2D eigenvalue weighted by molar-refractivity contribution is 6.05. The summed E-state index contributed by atoms with van der Waals surface area (Å²) in [6.07, 6.45) is 6.97. The van der Waals surface area contributed by atoms with Crippen molar-refractivity contribution in [1.82, 2.24) is 35.1 Å². The number of hydrogen-bond acceptors (Lipinski definition) is 8. The molecule has 6 rings (SSSR count). The molecule has 2 fully saturated rings.